The third-order valence-corrected chi connectivity index (χ3v) is 6.51. The van der Waals surface area contributed by atoms with E-state index < -0.39 is 15.9 Å². The minimum Gasteiger partial charge on any atom is -0.491 e. The van der Waals surface area contributed by atoms with Gasteiger partial charge in [-0.05, 0) is 38.1 Å². The van der Waals surface area contributed by atoms with Crippen molar-refractivity contribution in [2.75, 3.05) is 16.2 Å². The summed E-state index contributed by atoms with van der Waals surface area (Å²) in [5, 5.41) is 2.77. The van der Waals surface area contributed by atoms with Crippen LogP contribution in [0.15, 0.2) is 77.7 Å². The lowest BCUT2D eigenvalue weighted by atomic mass is 10.0. The Hall–Kier alpha value is -3.32. The van der Waals surface area contributed by atoms with Gasteiger partial charge < -0.3 is 10.1 Å². The fraction of sp³-hybridized carbons (Fsp3) is 0.174. The first-order valence-electron chi connectivity index (χ1n) is 9.64. The van der Waals surface area contributed by atoms with E-state index in [0.717, 1.165) is 9.87 Å². The van der Waals surface area contributed by atoms with E-state index in [1.165, 1.54) is 0 Å². The number of nitrogens with one attached hydrogen (secondary N) is 1. The number of benzene rings is 3. The first kappa shape index (κ1) is 20.0. The second-order valence-electron chi connectivity index (χ2n) is 7.27. The summed E-state index contributed by atoms with van der Waals surface area (Å²) >= 11 is 0. The van der Waals surface area contributed by atoms with Crippen LogP contribution in [0.2, 0.25) is 0 Å². The predicted molar refractivity (Wildman–Crippen MR) is 117 cm³/mol. The number of ether oxygens (including phenoxy) is 1. The number of rotatable bonds is 5. The van der Waals surface area contributed by atoms with Gasteiger partial charge in [-0.25, -0.2) is 8.42 Å². The molecule has 0 atom stereocenters. The Bertz CT molecular complexity index is 1210. The molecule has 1 aliphatic rings. The van der Waals surface area contributed by atoms with Crippen molar-refractivity contribution in [3.8, 4) is 16.9 Å². The second-order valence-corrected chi connectivity index (χ2v) is 9.10. The van der Waals surface area contributed by atoms with Crippen LogP contribution in [0.25, 0.3) is 11.1 Å². The van der Waals surface area contributed by atoms with Crippen LogP contribution in [0.5, 0.6) is 5.75 Å². The Morgan fingerprint density at radius 3 is 2.43 bits per heavy atom. The summed E-state index contributed by atoms with van der Waals surface area (Å²) in [6, 6.07) is 21.1. The second kappa shape index (κ2) is 7.84. The lowest BCUT2D eigenvalue weighted by Crippen LogP contribution is -2.40. The zero-order valence-corrected chi connectivity index (χ0v) is 17.5. The third-order valence-electron chi connectivity index (χ3n) is 4.69. The molecule has 0 saturated carbocycles. The van der Waals surface area contributed by atoms with E-state index in [2.05, 4.69) is 5.32 Å². The van der Waals surface area contributed by atoms with E-state index in [0.29, 0.717) is 22.7 Å². The van der Waals surface area contributed by atoms with Gasteiger partial charge in [-0.1, -0.05) is 42.5 Å². The largest absolute Gasteiger partial charge is 0.491 e. The van der Waals surface area contributed by atoms with Crippen molar-refractivity contribution in [3.63, 3.8) is 0 Å². The first-order valence-corrected chi connectivity index (χ1v) is 11.1. The van der Waals surface area contributed by atoms with E-state index in [-0.39, 0.29) is 17.5 Å². The van der Waals surface area contributed by atoms with Gasteiger partial charge in [-0.15, -0.1) is 0 Å². The molecule has 6 nitrogen and oxygen atoms in total. The first-order chi connectivity index (χ1) is 14.4. The van der Waals surface area contributed by atoms with Gasteiger partial charge in [0.2, 0.25) is 5.91 Å². The van der Waals surface area contributed by atoms with Crippen molar-refractivity contribution in [1.82, 2.24) is 0 Å². The number of hydrogen-bond acceptors (Lipinski definition) is 4. The third kappa shape index (κ3) is 3.76. The standard InChI is InChI=1S/C23H22N2O4S/c1-16(2)29-18-9-7-8-17(14-18)24-23(26)15-25-21-12-5-3-10-19(21)20-11-4-6-13-22(20)30(25,27)28/h3-14,16H,15H2,1-2H3,(H,24,26). The lowest BCUT2D eigenvalue weighted by molar-refractivity contribution is -0.114. The quantitative estimate of drug-likeness (QED) is 0.666. The summed E-state index contributed by atoms with van der Waals surface area (Å²) in [4.78, 5) is 13.0. The summed E-state index contributed by atoms with van der Waals surface area (Å²) < 4.78 is 33.3. The molecule has 0 spiro atoms. The van der Waals surface area contributed by atoms with E-state index in [1.54, 1.807) is 60.7 Å². The Morgan fingerprint density at radius 1 is 0.967 bits per heavy atom. The number of sulfonamides is 1. The molecular formula is C23H22N2O4S. The fourth-order valence-corrected chi connectivity index (χ4v) is 5.15. The molecule has 4 rings (SSSR count). The maximum absolute atomic E-state index is 13.3. The molecule has 3 aromatic carbocycles. The average molecular weight is 423 g/mol. The number of amides is 1. The highest BCUT2D eigenvalue weighted by molar-refractivity contribution is 7.93. The zero-order valence-electron chi connectivity index (χ0n) is 16.7. The molecule has 0 unspecified atom stereocenters. The number of carbonyl (C=O) groups is 1. The molecule has 0 aromatic heterocycles. The van der Waals surface area contributed by atoms with Crippen LogP contribution in [0.4, 0.5) is 11.4 Å². The predicted octanol–water partition coefficient (Wildman–Crippen LogP) is 4.29. The molecule has 0 bridgehead atoms. The Morgan fingerprint density at radius 2 is 1.67 bits per heavy atom. The Labute approximate surface area is 176 Å². The van der Waals surface area contributed by atoms with E-state index in [1.807, 2.05) is 26.0 Å². The van der Waals surface area contributed by atoms with Gasteiger partial charge >= 0.3 is 0 Å². The van der Waals surface area contributed by atoms with Gasteiger partial charge in [0.25, 0.3) is 10.0 Å². The molecule has 0 saturated heterocycles. The molecule has 3 aromatic rings. The van der Waals surface area contributed by atoms with Crippen molar-refractivity contribution in [2.45, 2.75) is 24.8 Å². The fourth-order valence-electron chi connectivity index (χ4n) is 3.50. The highest BCUT2D eigenvalue weighted by Crippen LogP contribution is 2.42. The topological polar surface area (TPSA) is 75.7 Å². The van der Waals surface area contributed by atoms with Crippen LogP contribution in [0, 0.1) is 0 Å². The highest BCUT2D eigenvalue weighted by atomic mass is 32.2. The van der Waals surface area contributed by atoms with Crippen molar-refractivity contribution in [3.05, 3.63) is 72.8 Å². The monoisotopic (exact) mass is 422 g/mol. The van der Waals surface area contributed by atoms with Crippen LogP contribution in [0.3, 0.4) is 0 Å². The van der Waals surface area contributed by atoms with Crippen LogP contribution in [-0.2, 0) is 14.8 Å². The average Bonchev–Trinajstić information content (AvgIpc) is 2.71. The number of hydrogen-bond donors (Lipinski definition) is 1. The van der Waals surface area contributed by atoms with Gasteiger partial charge in [0.05, 0.1) is 16.7 Å². The molecule has 7 heteroatoms. The number of para-hydroxylation sites is 1. The molecule has 154 valence electrons. The molecule has 1 amide bonds. The number of nitrogens with zero attached hydrogens (tertiary/aromatic N) is 1. The van der Waals surface area contributed by atoms with Gasteiger partial charge in [-0.2, -0.15) is 0 Å². The molecule has 1 N–H and O–H groups in total. The summed E-state index contributed by atoms with van der Waals surface area (Å²) in [6.07, 6.45) is 0.00557. The normalized spacial score (nSPS) is 14.0. The SMILES string of the molecule is CC(C)Oc1cccc(NC(=O)CN2c3ccccc3-c3ccccc3S2(=O)=O)c1. The Balaban J connectivity index is 1.62. The molecule has 1 aliphatic heterocycles. The maximum atomic E-state index is 13.3. The molecule has 0 fully saturated rings. The number of fused-ring (bicyclic) bond motifs is 3. The zero-order chi connectivity index (χ0) is 21.3. The minimum absolute atomic E-state index is 0.00557. The molecule has 0 radical (unpaired) electrons. The molecule has 1 heterocycles. The summed E-state index contributed by atoms with van der Waals surface area (Å²) in [5.41, 5.74) is 2.45. The maximum Gasteiger partial charge on any atom is 0.265 e. The van der Waals surface area contributed by atoms with Crippen LogP contribution >= 0.6 is 0 Å². The lowest BCUT2D eigenvalue weighted by Gasteiger charge is -2.31. The van der Waals surface area contributed by atoms with Crippen LogP contribution < -0.4 is 14.4 Å². The van der Waals surface area contributed by atoms with E-state index in [4.69, 9.17) is 4.74 Å². The minimum atomic E-state index is -3.86. The van der Waals surface area contributed by atoms with Crippen molar-refractivity contribution in [2.24, 2.45) is 0 Å². The van der Waals surface area contributed by atoms with Crippen LogP contribution in [0.1, 0.15) is 13.8 Å². The smallest absolute Gasteiger partial charge is 0.265 e. The van der Waals surface area contributed by atoms with Crippen molar-refractivity contribution < 1.29 is 17.9 Å². The summed E-state index contributed by atoms with van der Waals surface area (Å²) in [6.45, 7) is 3.51. The van der Waals surface area contributed by atoms with E-state index in [9.17, 15) is 13.2 Å². The van der Waals surface area contributed by atoms with Gasteiger partial charge in [0.1, 0.15) is 12.3 Å². The summed E-state index contributed by atoms with van der Waals surface area (Å²) in [5.74, 6) is 0.196. The Kier molecular flexibility index (Phi) is 5.22. The highest BCUT2D eigenvalue weighted by Gasteiger charge is 2.35. The van der Waals surface area contributed by atoms with E-state index >= 15 is 0 Å². The van der Waals surface area contributed by atoms with Gasteiger partial charge in [-0.3, -0.25) is 9.10 Å². The van der Waals surface area contributed by atoms with Crippen molar-refractivity contribution in [1.29, 1.82) is 0 Å². The molecule has 0 aliphatic carbocycles. The van der Waals surface area contributed by atoms with Gasteiger partial charge in [0, 0.05) is 22.9 Å². The van der Waals surface area contributed by atoms with Crippen LogP contribution in [-0.4, -0.2) is 27.0 Å². The van der Waals surface area contributed by atoms with Gasteiger partial charge in [0.15, 0.2) is 0 Å². The number of carbonyl (C=O) groups excluding carboxylic acids is 1. The summed E-state index contributed by atoms with van der Waals surface area (Å²) in [7, 11) is -3.86. The molecular weight excluding hydrogens is 400 g/mol. The number of anilines is 2. The van der Waals surface area contributed by atoms with Crippen molar-refractivity contribution >= 4 is 27.3 Å². The molecule has 30 heavy (non-hydrogen) atoms.